The molecular formula is C9H14ClN3OS. The quantitative estimate of drug-likeness (QED) is 0.743. The van der Waals surface area contributed by atoms with E-state index in [9.17, 15) is 0 Å². The van der Waals surface area contributed by atoms with E-state index in [4.69, 9.17) is 16.3 Å². The zero-order valence-corrected chi connectivity index (χ0v) is 10.1. The van der Waals surface area contributed by atoms with E-state index in [1.165, 1.54) is 37.3 Å². The van der Waals surface area contributed by atoms with E-state index in [1.54, 1.807) is 0 Å². The standard InChI is InChI=1S/C9H14ClN3OS/c10-7-8-11-12-9(15-8)14-6-5-13-3-1-2-4-13/h1-7H2. The Kier molecular flexibility index (Phi) is 4.17. The lowest BCUT2D eigenvalue weighted by Gasteiger charge is -2.13. The number of halogens is 1. The van der Waals surface area contributed by atoms with Gasteiger partial charge in [0.15, 0.2) is 0 Å². The van der Waals surface area contributed by atoms with Crippen molar-refractivity contribution < 1.29 is 4.74 Å². The van der Waals surface area contributed by atoms with Crippen LogP contribution in [0.1, 0.15) is 17.8 Å². The maximum Gasteiger partial charge on any atom is 0.294 e. The highest BCUT2D eigenvalue weighted by Crippen LogP contribution is 2.19. The Morgan fingerprint density at radius 2 is 2.13 bits per heavy atom. The molecule has 0 atom stereocenters. The molecular weight excluding hydrogens is 234 g/mol. The molecule has 0 saturated carbocycles. The molecule has 4 nitrogen and oxygen atoms in total. The number of aromatic nitrogens is 2. The first-order valence-electron chi connectivity index (χ1n) is 5.12. The molecule has 0 amide bonds. The molecule has 0 N–H and O–H groups in total. The summed E-state index contributed by atoms with van der Waals surface area (Å²) in [6, 6.07) is 0. The highest BCUT2D eigenvalue weighted by molar-refractivity contribution is 7.13. The zero-order valence-electron chi connectivity index (χ0n) is 8.49. The molecule has 0 aromatic carbocycles. The van der Waals surface area contributed by atoms with Crippen molar-refractivity contribution >= 4 is 22.9 Å². The molecule has 1 fully saturated rings. The normalized spacial score (nSPS) is 17.1. The highest BCUT2D eigenvalue weighted by atomic mass is 35.5. The Morgan fingerprint density at radius 3 is 2.80 bits per heavy atom. The van der Waals surface area contributed by atoms with Gasteiger partial charge < -0.3 is 4.74 Å². The molecule has 0 unspecified atom stereocenters. The van der Waals surface area contributed by atoms with Gasteiger partial charge in [0.1, 0.15) is 11.6 Å². The minimum atomic E-state index is 0.410. The Labute approximate surface area is 98.2 Å². The van der Waals surface area contributed by atoms with E-state index >= 15 is 0 Å². The fourth-order valence-electron chi connectivity index (χ4n) is 1.62. The fourth-order valence-corrected chi connectivity index (χ4v) is 2.40. The third kappa shape index (κ3) is 3.29. The molecule has 1 aromatic rings. The number of alkyl halides is 1. The van der Waals surface area contributed by atoms with Crippen LogP contribution in [0.4, 0.5) is 0 Å². The Morgan fingerprint density at radius 1 is 1.33 bits per heavy atom. The predicted molar refractivity (Wildman–Crippen MR) is 60.6 cm³/mol. The van der Waals surface area contributed by atoms with Crippen LogP contribution in [0.5, 0.6) is 5.19 Å². The second-order valence-corrected chi connectivity index (χ2v) is 4.78. The van der Waals surface area contributed by atoms with Crippen LogP contribution in [0, 0.1) is 0 Å². The van der Waals surface area contributed by atoms with Gasteiger partial charge in [0.2, 0.25) is 0 Å². The van der Waals surface area contributed by atoms with E-state index in [2.05, 4.69) is 15.1 Å². The van der Waals surface area contributed by atoms with E-state index in [1.807, 2.05) is 0 Å². The summed E-state index contributed by atoms with van der Waals surface area (Å²) < 4.78 is 5.50. The lowest BCUT2D eigenvalue weighted by molar-refractivity contribution is 0.236. The minimum absolute atomic E-state index is 0.410. The van der Waals surface area contributed by atoms with Crippen LogP contribution in [0.3, 0.4) is 0 Å². The number of nitrogens with zero attached hydrogens (tertiary/aromatic N) is 3. The molecule has 1 saturated heterocycles. The SMILES string of the molecule is ClCc1nnc(OCCN2CCCC2)s1. The summed E-state index contributed by atoms with van der Waals surface area (Å²) in [6.45, 7) is 4.07. The monoisotopic (exact) mass is 247 g/mol. The molecule has 1 aliphatic rings. The maximum absolute atomic E-state index is 5.62. The van der Waals surface area contributed by atoms with E-state index in [0.29, 0.717) is 17.7 Å². The minimum Gasteiger partial charge on any atom is -0.468 e. The molecule has 2 rings (SSSR count). The molecule has 15 heavy (non-hydrogen) atoms. The Hall–Kier alpha value is -0.390. The average Bonchev–Trinajstić information content (AvgIpc) is 2.88. The predicted octanol–water partition coefficient (Wildman–Crippen LogP) is 1.75. The summed E-state index contributed by atoms with van der Waals surface area (Å²) in [6.07, 6.45) is 2.63. The molecule has 1 aliphatic heterocycles. The summed E-state index contributed by atoms with van der Waals surface area (Å²) in [4.78, 5) is 2.41. The second-order valence-electron chi connectivity index (χ2n) is 3.49. The average molecular weight is 248 g/mol. The van der Waals surface area contributed by atoms with Crippen LogP contribution in [-0.2, 0) is 5.88 Å². The van der Waals surface area contributed by atoms with Gasteiger partial charge in [-0.2, -0.15) is 0 Å². The molecule has 84 valence electrons. The van der Waals surface area contributed by atoms with Gasteiger partial charge >= 0.3 is 0 Å². The number of hydrogen-bond donors (Lipinski definition) is 0. The fraction of sp³-hybridized carbons (Fsp3) is 0.778. The lowest BCUT2D eigenvalue weighted by atomic mass is 10.4. The van der Waals surface area contributed by atoms with Crippen molar-refractivity contribution in [3.63, 3.8) is 0 Å². The number of likely N-dealkylation sites (tertiary alicyclic amines) is 1. The largest absolute Gasteiger partial charge is 0.468 e. The van der Waals surface area contributed by atoms with Crippen molar-refractivity contribution in [1.82, 2.24) is 15.1 Å². The number of ether oxygens (including phenoxy) is 1. The summed E-state index contributed by atoms with van der Waals surface area (Å²) in [5.74, 6) is 0.410. The van der Waals surface area contributed by atoms with Crippen LogP contribution in [-0.4, -0.2) is 41.3 Å². The van der Waals surface area contributed by atoms with Crippen LogP contribution in [0.25, 0.3) is 0 Å². The van der Waals surface area contributed by atoms with Crippen LogP contribution >= 0.6 is 22.9 Å². The van der Waals surface area contributed by atoms with E-state index in [0.717, 1.165) is 11.6 Å². The van der Waals surface area contributed by atoms with Crippen molar-refractivity contribution in [3.8, 4) is 5.19 Å². The maximum atomic E-state index is 5.62. The van der Waals surface area contributed by atoms with Crippen LogP contribution in [0.2, 0.25) is 0 Å². The third-order valence-electron chi connectivity index (χ3n) is 2.39. The number of hydrogen-bond acceptors (Lipinski definition) is 5. The van der Waals surface area contributed by atoms with Crippen molar-refractivity contribution in [2.24, 2.45) is 0 Å². The van der Waals surface area contributed by atoms with E-state index < -0.39 is 0 Å². The summed E-state index contributed by atoms with van der Waals surface area (Å²) in [5.41, 5.74) is 0. The molecule has 2 heterocycles. The van der Waals surface area contributed by atoms with Crippen LogP contribution in [0.15, 0.2) is 0 Å². The summed E-state index contributed by atoms with van der Waals surface area (Å²) in [7, 11) is 0. The third-order valence-corrected chi connectivity index (χ3v) is 3.64. The molecule has 0 aliphatic carbocycles. The van der Waals surface area contributed by atoms with Gasteiger partial charge in [-0.3, -0.25) is 4.90 Å². The number of rotatable bonds is 5. The topological polar surface area (TPSA) is 38.3 Å². The van der Waals surface area contributed by atoms with Gasteiger partial charge in [-0.05, 0) is 25.9 Å². The highest BCUT2D eigenvalue weighted by Gasteiger charge is 2.11. The van der Waals surface area contributed by atoms with Crippen molar-refractivity contribution in [2.75, 3.05) is 26.2 Å². The van der Waals surface area contributed by atoms with Gasteiger partial charge in [0.25, 0.3) is 5.19 Å². The van der Waals surface area contributed by atoms with Gasteiger partial charge in [-0.15, -0.1) is 21.8 Å². The zero-order chi connectivity index (χ0) is 10.5. The summed E-state index contributed by atoms with van der Waals surface area (Å²) in [5, 5.41) is 9.22. The summed E-state index contributed by atoms with van der Waals surface area (Å²) >= 11 is 7.04. The lowest BCUT2D eigenvalue weighted by Crippen LogP contribution is -2.25. The van der Waals surface area contributed by atoms with Gasteiger partial charge in [-0.25, -0.2) is 0 Å². The molecule has 0 radical (unpaired) electrons. The van der Waals surface area contributed by atoms with Gasteiger partial charge in [0, 0.05) is 6.54 Å². The first kappa shape index (κ1) is 11.1. The molecule has 1 aromatic heterocycles. The van der Waals surface area contributed by atoms with Crippen molar-refractivity contribution in [3.05, 3.63) is 5.01 Å². The Balaban J connectivity index is 1.68. The van der Waals surface area contributed by atoms with Gasteiger partial charge in [0.05, 0.1) is 5.88 Å². The first-order valence-corrected chi connectivity index (χ1v) is 6.47. The molecule has 6 heteroatoms. The van der Waals surface area contributed by atoms with Crippen molar-refractivity contribution in [2.45, 2.75) is 18.7 Å². The Bertz CT molecular complexity index is 301. The van der Waals surface area contributed by atoms with Gasteiger partial charge in [-0.1, -0.05) is 11.3 Å². The van der Waals surface area contributed by atoms with E-state index in [-0.39, 0.29) is 0 Å². The van der Waals surface area contributed by atoms with Crippen LogP contribution < -0.4 is 4.74 Å². The molecule has 0 bridgehead atoms. The molecule has 0 spiro atoms. The van der Waals surface area contributed by atoms with Crippen molar-refractivity contribution in [1.29, 1.82) is 0 Å². The first-order chi connectivity index (χ1) is 7.38. The second kappa shape index (κ2) is 5.63. The smallest absolute Gasteiger partial charge is 0.294 e.